The summed E-state index contributed by atoms with van der Waals surface area (Å²) in [5.41, 5.74) is 4.78. The Labute approximate surface area is 179 Å². The highest BCUT2D eigenvalue weighted by atomic mass is 16.4. The maximum Gasteiger partial charge on any atom is 0.325 e. The second-order valence-electron chi connectivity index (χ2n) is 8.30. The average molecular weight is 409 g/mol. The van der Waals surface area contributed by atoms with E-state index in [4.69, 9.17) is 5.11 Å². The summed E-state index contributed by atoms with van der Waals surface area (Å²) in [4.78, 5) is 25.2. The van der Waals surface area contributed by atoms with Crippen molar-refractivity contribution in [3.05, 3.63) is 59.7 Å². The van der Waals surface area contributed by atoms with Gasteiger partial charge in [0.25, 0.3) is 0 Å². The number of nitrogens with one attached hydrogen (secondary N) is 1. The monoisotopic (exact) mass is 408 g/mol. The van der Waals surface area contributed by atoms with Gasteiger partial charge in [-0.1, -0.05) is 48.5 Å². The fraction of sp³-hybridized carbons (Fsp3) is 0.440. The summed E-state index contributed by atoms with van der Waals surface area (Å²) in [5.74, 6) is -1.27. The highest BCUT2D eigenvalue weighted by molar-refractivity contribution is 5.83. The van der Waals surface area contributed by atoms with Gasteiger partial charge in [-0.2, -0.15) is 0 Å². The first-order chi connectivity index (χ1) is 14.4. The van der Waals surface area contributed by atoms with Crippen LogP contribution in [0.4, 0.5) is 0 Å². The number of rotatable bonds is 9. The Hall–Kier alpha value is -2.66. The lowest BCUT2D eigenvalue weighted by atomic mass is 10.00. The van der Waals surface area contributed by atoms with Gasteiger partial charge in [-0.3, -0.25) is 9.59 Å². The molecule has 30 heavy (non-hydrogen) atoms. The first kappa shape index (κ1) is 22.0. The third-order valence-electron chi connectivity index (χ3n) is 6.01. The van der Waals surface area contributed by atoms with E-state index in [0.717, 1.165) is 30.1 Å². The summed E-state index contributed by atoms with van der Waals surface area (Å²) in [6.07, 6.45) is 4.60. The molecule has 1 aliphatic rings. The van der Waals surface area contributed by atoms with Crippen molar-refractivity contribution in [2.45, 2.75) is 58.0 Å². The molecule has 1 amide bonds. The highest BCUT2D eigenvalue weighted by Crippen LogP contribution is 2.22. The van der Waals surface area contributed by atoms with Crippen molar-refractivity contribution in [1.29, 1.82) is 0 Å². The van der Waals surface area contributed by atoms with Gasteiger partial charge in [0.2, 0.25) is 5.91 Å². The van der Waals surface area contributed by atoms with Gasteiger partial charge >= 0.3 is 5.97 Å². The molecule has 0 radical (unpaired) electrons. The zero-order valence-corrected chi connectivity index (χ0v) is 17.9. The number of benzene rings is 2. The lowest BCUT2D eigenvalue weighted by Gasteiger charge is -2.20. The summed E-state index contributed by atoms with van der Waals surface area (Å²) >= 11 is 0. The number of aryl methyl sites for hydroxylation is 1. The number of aliphatic carboxylic acids is 1. The Morgan fingerprint density at radius 1 is 1.03 bits per heavy atom. The van der Waals surface area contributed by atoms with Crippen molar-refractivity contribution in [2.75, 3.05) is 13.1 Å². The standard InChI is InChI=1S/C25H32N2O3/c1-18-4-3-16-27(18)17-15-21-7-12-23(13-8-21)22-10-5-20(6-11-22)9-14-24(28)26-19(2)25(29)30/h5-8,10-13,18-19H,3-4,9,14-17H2,1-2H3,(H,26,28)(H,29,30). The molecule has 0 aliphatic carbocycles. The van der Waals surface area contributed by atoms with Gasteiger partial charge in [0.15, 0.2) is 0 Å². The first-order valence-electron chi connectivity index (χ1n) is 10.9. The van der Waals surface area contributed by atoms with Crippen LogP contribution in [0.1, 0.15) is 44.2 Å². The Bertz CT molecular complexity index is 846. The molecule has 0 saturated carbocycles. The van der Waals surface area contributed by atoms with Crippen LogP contribution in [0.3, 0.4) is 0 Å². The van der Waals surface area contributed by atoms with Crippen molar-refractivity contribution in [2.24, 2.45) is 0 Å². The van der Waals surface area contributed by atoms with Gasteiger partial charge in [0, 0.05) is 19.0 Å². The van der Waals surface area contributed by atoms with Crippen LogP contribution >= 0.6 is 0 Å². The zero-order chi connectivity index (χ0) is 21.5. The predicted octanol–water partition coefficient (Wildman–Crippen LogP) is 3.90. The number of hydrogen-bond acceptors (Lipinski definition) is 3. The first-order valence-corrected chi connectivity index (χ1v) is 10.9. The van der Waals surface area contributed by atoms with E-state index in [2.05, 4.69) is 53.5 Å². The summed E-state index contributed by atoms with van der Waals surface area (Å²) in [7, 11) is 0. The molecule has 1 saturated heterocycles. The third kappa shape index (κ3) is 6.17. The number of carboxylic acids is 1. The van der Waals surface area contributed by atoms with E-state index in [0.29, 0.717) is 6.42 Å². The molecule has 2 aromatic carbocycles. The van der Waals surface area contributed by atoms with Crippen LogP contribution in [0.5, 0.6) is 0 Å². The van der Waals surface area contributed by atoms with E-state index >= 15 is 0 Å². The molecule has 2 aromatic rings. The van der Waals surface area contributed by atoms with E-state index in [1.807, 2.05) is 12.1 Å². The number of amides is 1. The number of carboxylic acid groups (broad SMARTS) is 1. The Morgan fingerprint density at radius 3 is 2.10 bits per heavy atom. The number of nitrogens with zero attached hydrogens (tertiary/aromatic N) is 1. The van der Waals surface area contributed by atoms with Gasteiger partial charge < -0.3 is 15.3 Å². The summed E-state index contributed by atoms with van der Waals surface area (Å²) in [6.45, 7) is 6.15. The maximum absolute atomic E-state index is 11.8. The molecule has 5 nitrogen and oxygen atoms in total. The molecule has 0 aromatic heterocycles. The molecular formula is C25H32N2O3. The van der Waals surface area contributed by atoms with Crippen LogP contribution in [0.2, 0.25) is 0 Å². The normalized spacial score (nSPS) is 17.6. The molecule has 2 atom stereocenters. The number of hydrogen-bond donors (Lipinski definition) is 2. The Morgan fingerprint density at radius 2 is 1.60 bits per heavy atom. The zero-order valence-electron chi connectivity index (χ0n) is 17.9. The fourth-order valence-corrected chi connectivity index (χ4v) is 3.96. The second-order valence-corrected chi connectivity index (χ2v) is 8.30. The summed E-state index contributed by atoms with van der Waals surface area (Å²) < 4.78 is 0. The molecule has 3 rings (SSSR count). The fourth-order valence-electron chi connectivity index (χ4n) is 3.96. The van der Waals surface area contributed by atoms with Crippen molar-refractivity contribution in [3.63, 3.8) is 0 Å². The van der Waals surface area contributed by atoms with Crippen molar-refractivity contribution in [1.82, 2.24) is 10.2 Å². The molecule has 0 bridgehead atoms. The Kier molecular flexibility index (Phi) is 7.63. The smallest absolute Gasteiger partial charge is 0.325 e. The van der Waals surface area contributed by atoms with E-state index in [1.54, 1.807) is 0 Å². The van der Waals surface area contributed by atoms with Gasteiger partial charge in [0.05, 0.1) is 0 Å². The van der Waals surface area contributed by atoms with Crippen LogP contribution in [-0.2, 0) is 22.4 Å². The van der Waals surface area contributed by atoms with E-state index in [1.165, 1.54) is 37.4 Å². The number of likely N-dealkylation sites (tertiary alicyclic amines) is 1. The molecular weight excluding hydrogens is 376 g/mol. The van der Waals surface area contributed by atoms with Crippen molar-refractivity contribution < 1.29 is 14.7 Å². The summed E-state index contributed by atoms with van der Waals surface area (Å²) in [6, 6.07) is 16.9. The van der Waals surface area contributed by atoms with Gasteiger partial charge in [-0.15, -0.1) is 0 Å². The van der Waals surface area contributed by atoms with Crippen molar-refractivity contribution >= 4 is 11.9 Å². The minimum absolute atomic E-state index is 0.243. The topological polar surface area (TPSA) is 69.6 Å². The van der Waals surface area contributed by atoms with Crippen molar-refractivity contribution in [3.8, 4) is 11.1 Å². The lowest BCUT2D eigenvalue weighted by Crippen LogP contribution is -2.38. The van der Waals surface area contributed by atoms with Gasteiger partial charge in [-0.05, 0) is 68.3 Å². The average Bonchev–Trinajstić information content (AvgIpc) is 3.16. The minimum Gasteiger partial charge on any atom is -0.480 e. The molecule has 1 heterocycles. The van der Waals surface area contributed by atoms with Crippen LogP contribution in [-0.4, -0.2) is 47.1 Å². The second kappa shape index (κ2) is 10.4. The maximum atomic E-state index is 11.8. The highest BCUT2D eigenvalue weighted by Gasteiger charge is 2.19. The van der Waals surface area contributed by atoms with Crippen LogP contribution in [0, 0.1) is 0 Å². The molecule has 1 aliphatic heterocycles. The molecule has 1 fully saturated rings. The number of carbonyl (C=O) groups is 2. The van der Waals surface area contributed by atoms with E-state index in [-0.39, 0.29) is 12.3 Å². The molecule has 5 heteroatoms. The van der Waals surface area contributed by atoms with Crippen LogP contribution < -0.4 is 5.32 Å². The largest absolute Gasteiger partial charge is 0.480 e. The van der Waals surface area contributed by atoms with Gasteiger partial charge in [0.1, 0.15) is 6.04 Å². The third-order valence-corrected chi connectivity index (χ3v) is 6.01. The predicted molar refractivity (Wildman–Crippen MR) is 119 cm³/mol. The minimum atomic E-state index is -1.02. The Balaban J connectivity index is 1.49. The van der Waals surface area contributed by atoms with Crippen LogP contribution in [0.15, 0.2) is 48.5 Å². The van der Waals surface area contributed by atoms with E-state index < -0.39 is 12.0 Å². The molecule has 2 unspecified atom stereocenters. The van der Waals surface area contributed by atoms with Gasteiger partial charge in [-0.25, -0.2) is 0 Å². The van der Waals surface area contributed by atoms with E-state index in [9.17, 15) is 9.59 Å². The SMILES string of the molecule is CC(NC(=O)CCc1ccc(-c2ccc(CCN3CCCC3C)cc2)cc1)C(=O)O. The molecule has 2 N–H and O–H groups in total. The quantitative estimate of drug-likeness (QED) is 0.660. The summed E-state index contributed by atoms with van der Waals surface area (Å²) in [5, 5.41) is 11.3. The number of carbonyl (C=O) groups excluding carboxylic acids is 1. The molecule has 0 spiro atoms. The van der Waals surface area contributed by atoms with Crippen LogP contribution in [0.25, 0.3) is 11.1 Å². The molecule has 160 valence electrons. The lowest BCUT2D eigenvalue weighted by molar-refractivity contribution is -0.141.